The molecule has 1 aliphatic heterocycles. The quantitative estimate of drug-likeness (QED) is 0.779. The smallest absolute Gasteiger partial charge is 0.360 e. The summed E-state index contributed by atoms with van der Waals surface area (Å²) in [5.41, 5.74) is 1.88. The fourth-order valence-corrected chi connectivity index (χ4v) is 2.98. The molecule has 0 bridgehead atoms. The van der Waals surface area contributed by atoms with Crippen molar-refractivity contribution in [3.05, 3.63) is 35.8 Å². The zero-order valence-corrected chi connectivity index (χ0v) is 13.1. The molecule has 2 aliphatic rings. The lowest BCUT2D eigenvalue weighted by molar-refractivity contribution is 0.0519. The summed E-state index contributed by atoms with van der Waals surface area (Å²) in [5.74, 6) is 0.594. The molecule has 1 aliphatic carbocycles. The van der Waals surface area contributed by atoms with Crippen LogP contribution >= 0.6 is 0 Å². The third-order valence-electron chi connectivity index (χ3n) is 4.51. The number of ether oxygens (including phenoxy) is 1. The molecule has 2 aromatic rings. The molecular formula is C16H19N5O2. The van der Waals surface area contributed by atoms with Gasteiger partial charge in [0.05, 0.1) is 19.3 Å². The van der Waals surface area contributed by atoms with Crippen molar-refractivity contribution in [2.75, 3.05) is 24.6 Å². The van der Waals surface area contributed by atoms with Gasteiger partial charge in [0.1, 0.15) is 5.82 Å². The van der Waals surface area contributed by atoms with Gasteiger partial charge in [-0.1, -0.05) is 11.3 Å². The Kier molecular flexibility index (Phi) is 3.28. The minimum Gasteiger partial charge on any atom is -0.461 e. The summed E-state index contributed by atoms with van der Waals surface area (Å²) in [5, 5.41) is 7.79. The molecule has 120 valence electrons. The van der Waals surface area contributed by atoms with Crippen LogP contribution in [0.2, 0.25) is 0 Å². The number of hydrogen-bond acceptors (Lipinski definition) is 6. The maximum atomic E-state index is 11.6. The summed E-state index contributed by atoms with van der Waals surface area (Å²) in [6.07, 6.45) is 6.20. The average Bonchev–Trinajstić information content (AvgIpc) is 3.19. The molecule has 2 aromatic heterocycles. The van der Waals surface area contributed by atoms with E-state index in [2.05, 4.69) is 20.2 Å². The number of pyridine rings is 1. The second-order valence-electron chi connectivity index (χ2n) is 6.40. The van der Waals surface area contributed by atoms with Gasteiger partial charge in [-0.05, 0) is 31.4 Å². The van der Waals surface area contributed by atoms with Crippen LogP contribution in [0.3, 0.4) is 0 Å². The molecule has 4 rings (SSSR count). The van der Waals surface area contributed by atoms with Crippen LogP contribution in [0.4, 0.5) is 5.82 Å². The molecule has 1 spiro atoms. The fraction of sp³-hybridized carbons (Fsp3) is 0.500. The lowest BCUT2D eigenvalue weighted by Gasteiger charge is -2.40. The Hall–Kier alpha value is -2.44. The van der Waals surface area contributed by atoms with E-state index in [1.807, 2.05) is 18.3 Å². The molecule has 3 heterocycles. The third-order valence-corrected chi connectivity index (χ3v) is 4.51. The van der Waals surface area contributed by atoms with Gasteiger partial charge in [-0.3, -0.25) is 0 Å². The maximum absolute atomic E-state index is 11.6. The van der Waals surface area contributed by atoms with Crippen LogP contribution in [0.25, 0.3) is 0 Å². The van der Waals surface area contributed by atoms with Gasteiger partial charge in [-0.15, -0.1) is 5.10 Å². The Morgan fingerprint density at radius 2 is 2.17 bits per heavy atom. The summed E-state index contributed by atoms with van der Waals surface area (Å²) < 4.78 is 6.52. The van der Waals surface area contributed by atoms with E-state index in [1.54, 1.807) is 17.8 Å². The second kappa shape index (κ2) is 5.33. The number of aromatic nitrogens is 4. The van der Waals surface area contributed by atoms with E-state index in [0.29, 0.717) is 18.6 Å². The Bertz CT molecular complexity index is 712. The molecule has 0 unspecified atom stereocenters. The van der Waals surface area contributed by atoms with E-state index >= 15 is 0 Å². The molecule has 1 saturated carbocycles. The lowest BCUT2D eigenvalue weighted by atomic mass is 9.97. The van der Waals surface area contributed by atoms with Crippen molar-refractivity contribution in [2.24, 2.45) is 5.41 Å². The van der Waals surface area contributed by atoms with E-state index in [9.17, 15) is 4.79 Å². The van der Waals surface area contributed by atoms with Crippen LogP contribution in [0.5, 0.6) is 0 Å². The normalized spacial score (nSPS) is 17.9. The van der Waals surface area contributed by atoms with Gasteiger partial charge < -0.3 is 9.64 Å². The molecule has 1 saturated heterocycles. The van der Waals surface area contributed by atoms with E-state index in [1.165, 1.54) is 12.8 Å². The van der Waals surface area contributed by atoms with Gasteiger partial charge in [0, 0.05) is 24.7 Å². The zero-order chi connectivity index (χ0) is 15.9. The molecule has 2 fully saturated rings. The van der Waals surface area contributed by atoms with Crippen LogP contribution in [0.1, 0.15) is 35.8 Å². The number of carbonyl (C=O) groups excluding carboxylic acids is 1. The van der Waals surface area contributed by atoms with Crippen molar-refractivity contribution < 1.29 is 9.53 Å². The van der Waals surface area contributed by atoms with Crippen LogP contribution in [0.15, 0.2) is 24.5 Å². The first-order valence-corrected chi connectivity index (χ1v) is 7.95. The summed E-state index contributed by atoms with van der Waals surface area (Å²) in [7, 11) is 0. The number of esters is 1. The van der Waals surface area contributed by atoms with Gasteiger partial charge in [-0.25, -0.2) is 14.5 Å². The molecule has 0 aromatic carbocycles. The Balaban J connectivity index is 1.38. The molecule has 0 amide bonds. The molecule has 23 heavy (non-hydrogen) atoms. The van der Waals surface area contributed by atoms with Gasteiger partial charge >= 0.3 is 5.97 Å². The monoisotopic (exact) mass is 313 g/mol. The van der Waals surface area contributed by atoms with Gasteiger partial charge in [0.25, 0.3) is 0 Å². The van der Waals surface area contributed by atoms with Crippen molar-refractivity contribution in [3.8, 4) is 0 Å². The topological polar surface area (TPSA) is 73.1 Å². The highest BCUT2D eigenvalue weighted by Crippen LogP contribution is 2.53. The predicted molar refractivity (Wildman–Crippen MR) is 83.2 cm³/mol. The first-order valence-electron chi connectivity index (χ1n) is 7.95. The van der Waals surface area contributed by atoms with E-state index in [4.69, 9.17) is 4.74 Å². The lowest BCUT2D eigenvalue weighted by Crippen LogP contribution is -2.48. The van der Waals surface area contributed by atoms with Crippen molar-refractivity contribution in [3.63, 3.8) is 0 Å². The Labute approximate surface area is 134 Å². The van der Waals surface area contributed by atoms with Crippen LogP contribution in [0, 0.1) is 5.41 Å². The molecule has 7 heteroatoms. The minimum atomic E-state index is -0.445. The number of hydrogen-bond donors (Lipinski definition) is 0. The largest absolute Gasteiger partial charge is 0.461 e. The highest BCUT2D eigenvalue weighted by atomic mass is 16.5. The standard InChI is InChI=1S/C16H19N5O2/c1-2-23-15(22)13-9-21(19-18-13)8-12-3-4-14(17-7-12)20-10-16(11-20)5-6-16/h3-4,7,9H,2,5-6,8,10-11H2,1H3. The predicted octanol–water partition coefficient (Wildman–Crippen LogP) is 1.50. The molecule has 0 atom stereocenters. The van der Waals surface area contributed by atoms with Crippen molar-refractivity contribution >= 4 is 11.8 Å². The maximum Gasteiger partial charge on any atom is 0.360 e. The van der Waals surface area contributed by atoms with Crippen LogP contribution in [-0.4, -0.2) is 45.6 Å². The fourth-order valence-electron chi connectivity index (χ4n) is 2.98. The average molecular weight is 313 g/mol. The third kappa shape index (κ3) is 2.78. The summed E-state index contributed by atoms with van der Waals surface area (Å²) in [4.78, 5) is 18.4. The Morgan fingerprint density at radius 3 is 2.83 bits per heavy atom. The second-order valence-corrected chi connectivity index (χ2v) is 6.40. The summed E-state index contributed by atoms with van der Waals surface area (Å²) in [6.45, 7) is 4.91. The molecule has 0 radical (unpaired) electrons. The first-order chi connectivity index (χ1) is 11.2. The van der Waals surface area contributed by atoms with Crippen molar-refractivity contribution in [1.82, 2.24) is 20.0 Å². The van der Waals surface area contributed by atoms with Crippen LogP contribution < -0.4 is 4.90 Å². The zero-order valence-electron chi connectivity index (χ0n) is 13.1. The van der Waals surface area contributed by atoms with E-state index < -0.39 is 5.97 Å². The molecule has 7 nitrogen and oxygen atoms in total. The van der Waals surface area contributed by atoms with E-state index in [0.717, 1.165) is 24.5 Å². The number of anilines is 1. The van der Waals surface area contributed by atoms with Crippen molar-refractivity contribution in [2.45, 2.75) is 26.3 Å². The summed E-state index contributed by atoms with van der Waals surface area (Å²) >= 11 is 0. The summed E-state index contributed by atoms with van der Waals surface area (Å²) in [6, 6.07) is 4.10. The Morgan fingerprint density at radius 1 is 1.35 bits per heavy atom. The highest BCUT2D eigenvalue weighted by molar-refractivity contribution is 5.86. The highest BCUT2D eigenvalue weighted by Gasteiger charge is 2.52. The minimum absolute atomic E-state index is 0.228. The first kappa shape index (κ1) is 14.2. The number of rotatable bonds is 5. The van der Waals surface area contributed by atoms with Gasteiger partial charge in [0.2, 0.25) is 0 Å². The van der Waals surface area contributed by atoms with E-state index in [-0.39, 0.29) is 5.69 Å². The number of nitrogens with zero attached hydrogens (tertiary/aromatic N) is 5. The van der Waals surface area contributed by atoms with Gasteiger partial charge in [0.15, 0.2) is 5.69 Å². The molecule has 0 N–H and O–H groups in total. The SMILES string of the molecule is CCOC(=O)c1cn(Cc2ccc(N3CC4(CC4)C3)nc2)nn1. The van der Waals surface area contributed by atoms with Crippen molar-refractivity contribution in [1.29, 1.82) is 0 Å². The molecular weight excluding hydrogens is 294 g/mol. The van der Waals surface area contributed by atoms with Crippen LogP contribution in [-0.2, 0) is 11.3 Å². The number of carbonyl (C=O) groups is 1. The van der Waals surface area contributed by atoms with Gasteiger partial charge in [-0.2, -0.15) is 0 Å².